The van der Waals surface area contributed by atoms with Crippen molar-refractivity contribution in [2.45, 2.75) is 32.8 Å². The van der Waals surface area contributed by atoms with Crippen LogP contribution < -0.4 is 10.5 Å². The Hall–Kier alpha value is -1.78. The van der Waals surface area contributed by atoms with E-state index >= 15 is 0 Å². The summed E-state index contributed by atoms with van der Waals surface area (Å²) in [5.41, 5.74) is 5.96. The number of hydrogen-bond donors (Lipinski definition) is 1. The van der Waals surface area contributed by atoms with Crippen LogP contribution in [0.5, 0.6) is 5.75 Å². The Morgan fingerprint density at radius 1 is 1.56 bits per heavy atom. The van der Waals surface area contributed by atoms with Crippen LogP contribution in [0.15, 0.2) is 18.2 Å². The molecule has 2 N–H and O–H groups in total. The molecule has 5 heteroatoms. The lowest BCUT2D eigenvalue weighted by atomic mass is 10.2. The Morgan fingerprint density at radius 3 is 2.75 bits per heavy atom. The number of nitrogens with zero attached hydrogens (tertiary/aromatic N) is 1. The van der Waals surface area contributed by atoms with Crippen molar-refractivity contribution in [2.75, 3.05) is 5.73 Å². The minimum atomic E-state index is -0.477. The van der Waals surface area contributed by atoms with Crippen LogP contribution in [0.1, 0.15) is 26.7 Å². The fourth-order valence-electron chi connectivity index (χ4n) is 1.44. The number of ether oxygens (including phenoxy) is 1. The van der Waals surface area contributed by atoms with Gasteiger partial charge in [0.15, 0.2) is 0 Å². The zero-order valence-corrected chi connectivity index (χ0v) is 9.47. The SMILES string of the molecule is CCCC(C)Oc1ccc([N+](=O)[O-])cc1N. The van der Waals surface area contributed by atoms with E-state index in [9.17, 15) is 10.1 Å². The Labute approximate surface area is 94.4 Å². The molecule has 0 fully saturated rings. The molecule has 1 rings (SSSR count). The molecule has 0 aliphatic rings. The molecule has 0 heterocycles. The minimum absolute atomic E-state index is 0.0204. The second-order valence-electron chi connectivity index (χ2n) is 3.70. The van der Waals surface area contributed by atoms with Gasteiger partial charge >= 0.3 is 0 Å². The van der Waals surface area contributed by atoms with Gasteiger partial charge in [0.25, 0.3) is 5.69 Å². The summed E-state index contributed by atoms with van der Waals surface area (Å²) in [4.78, 5) is 10.0. The van der Waals surface area contributed by atoms with E-state index in [2.05, 4.69) is 6.92 Å². The summed E-state index contributed by atoms with van der Waals surface area (Å²) >= 11 is 0. The van der Waals surface area contributed by atoms with Gasteiger partial charge in [-0.15, -0.1) is 0 Å². The Bertz CT molecular complexity index is 379. The average molecular weight is 224 g/mol. The largest absolute Gasteiger partial charge is 0.489 e. The summed E-state index contributed by atoms with van der Waals surface area (Å²) in [7, 11) is 0. The normalized spacial score (nSPS) is 12.1. The molecule has 0 aromatic heterocycles. The second kappa shape index (κ2) is 5.34. The van der Waals surface area contributed by atoms with E-state index in [1.807, 2.05) is 6.92 Å². The van der Waals surface area contributed by atoms with Gasteiger partial charge in [-0.25, -0.2) is 0 Å². The van der Waals surface area contributed by atoms with Gasteiger partial charge in [0.05, 0.1) is 16.7 Å². The molecule has 0 saturated heterocycles. The molecule has 0 amide bonds. The molecular formula is C11H16N2O3. The standard InChI is InChI=1S/C11H16N2O3/c1-3-4-8(2)16-11-6-5-9(13(14)15)7-10(11)12/h5-8H,3-4,12H2,1-2H3. The maximum atomic E-state index is 10.5. The van der Waals surface area contributed by atoms with Crippen molar-refractivity contribution >= 4 is 11.4 Å². The van der Waals surface area contributed by atoms with E-state index in [0.717, 1.165) is 12.8 Å². The van der Waals surface area contributed by atoms with Gasteiger partial charge in [0.2, 0.25) is 0 Å². The van der Waals surface area contributed by atoms with Gasteiger partial charge in [-0.3, -0.25) is 10.1 Å². The van der Waals surface area contributed by atoms with Gasteiger partial charge in [0, 0.05) is 12.1 Å². The quantitative estimate of drug-likeness (QED) is 0.474. The third kappa shape index (κ3) is 3.12. The maximum Gasteiger partial charge on any atom is 0.271 e. The molecule has 1 unspecified atom stereocenters. The van der Waals surface area contributed by atoms with Crippen LogP contribution in [0.3, 0.4) is 0 Å². The van der Waals surface area contributed by atoms with Crippen LogP contribution in [-0.4, -0.2) is 11.0 Å². The van der Waals surface area contributed by atoms with Crippen molar-refractivity contribution in [3.05, 3.63) is 28.3 Å². The first-order valence-electron chi connectivity index (χ1n) is 5.25. The lowest BCUT2D eigenvalue weighted by Gasteiger charge is -2.14. The van der Waals surface area contributed by atoms with Crippen LogP contribution in [0.4, 0.5) is 11.4 Å². The predicted molar refractivity (Wildman–Crippen MR) is 62.5 cm³/mol. The summed E-state index contributed by atoms with van der Waals surface area (Å²) in [5, 5.41) is 10.5. The summed E-state index contributed by atoms with van der Waals surface area (Å²) < 4.78 is 5.57. The number of anilines is 1. The molecular weight excluding hydrogens is 208 g/mol. The highest BCUT2D eigenvalue weighted by Gasteiger charge is 2.11. The Kier molecular flexibility index (Phi) is 4.10. The summed E-state index contributed by atoms with van der Waals surface area (Å²) in [5.74, 6) is 0.506. The van der Waals surface area contributed by atoms with E-state index < -0.39 is 4.92 Å². The van der Waals surface area contributed by atoms with Gasteiger partial charge < -0.3 is 10.5 Å². The van der Waals surface area contributed by atoms with Crippen LogP contribution >= 0.6 is 0 Å². The lowest BCUT2D eigenvalue weighted by Crippen LogP contribution is -2.12. The van der Waals surface area contributed by atoms with Crippen molar-refractivity contribution < 1.29 is 9.66 Å². The molecule has 88 valence electrons. The van der Waals surface area contributed by atoms with Gasteiger partial charge in [-0.1, -0.05) is 13.3 Å². The van der Waals surface area contributed by atoms with E-state index in [4.69, 9.17) is 10.5 Å². The van der Waals surface area contributed by atoms with Crippen molar-refractivity contribution in [3.63, 3.8) is 0 Å². The smallest absolute Gasteiger partial charge is 0.271 e. The lowest BCUT2D eigenvalue weighted by molar-refractivity contribution is -0.384. The average Bonchev–Trinajstić information content (AvgIpc) is 2.21. The van der Waals surface area contributed by atoms with E-state index in [1.165, 1.54) is 12.1 Å². The number of benzene rings is 1. The number of non-ortho nitro benzene ring substituents is 1. The molecule has 0 spiro atoms. The zero-order valence-electron chi connectivity index (χ0n) is 9.47. The highest BCUT2D eigenvalue weighted by Crippen LogP contribution is 2.27. The molecule has 0 saturated carbocycles. The Morgan fingerprint density at radius 2 is 2.25 bits per heavy atom. The van der Waals surface area contributed by atoms with Crippen LogP contribution in [-0.2, 0) is 0 Å². The van der Waals surface area contributed by atoms with Crippen LogP contribution in [0.25, 0.3) is 0 Å². The number of nitrogens with two attached hydrogens (primary N) is 1. The minimum Gasteiger partial charge on any atom is -0.489 e. The molecule has 0 radical (unpaired) electrons. The third-order valence-corrected chi connectivity index (χ3v) is 2.23. The Balaban J connectivity index is 2.79. The summed E-state index contributed by atoms with van der Waals surface area (Å²) in [6.45, 7) is 4.02. The van der Waals surface area contributed by atoms with Gasteiger partial charge in [0.1, 0.15) is 5.75 Å². The fraction of sp³-hybridized carbons (Fsp3) is 0.455. The summed E-state index contributed by atoms with van der Waals surface area (Å²) in [6, 6.07) is 4.25. The van der Waals surface area contributed by atoms with Crippen molar-refractivity contribution in [1.29, 1.82) is 0 Å². The van der Waals surface area contributed by atoms with Gasteiger partial charge in [-0.2, -0.15) is 0 Å². The first kappa shape index (κ1) is 12.3. The molecule has 16 heavy (non-hydrogen) atoms. The van der Waals surface area contributed by atoms with Crippen molar-refractivity contribution in [3.8, 4) is 5.75 Å². The van der Waals surface area contributed by atoms with E-state index in [1.54, 1.807) is 6.07 Å². The number of nitro groups is 1. The molecule has 1 atom stereocenters. The molecule has 0 aliphatic heterocycles. The molecule has 5 nitrogen and oxygen atoms in total. The van der Waals surface area contributed by atoms with Crippen molar-refractivity contribution in [1.82, 2.24) is 0 Å². The first-order valence-corrected chi connectivity index (χ1v) is 5.25. The predicted octanol–water partition coefficient (Wildman–Crippen LogP) is 2.74. The van der Waals surface area contributed by atoms with Crippen LogP contribution in [0.2, 0.25) is 0 Å². The topological polar surface area (TPSA) is 78.4 Å². The fourth-order valence-corrected chi connectivity index (χ4v) is 1.44. The number of rotatable bonds is 5. The third-order valence-electron chi connectivity index (χ3n) is 2.23. The molecule has 1 aromatic rings. The molecule has 0 aliphatic carbocycles. The first-order chi connectivity index (χ1) is 7.54. The monoisotopic (exact) mass is 224 g/mol. The molecule has 1 aromatic carbocycles. The second-order valence-corrected chi connectivity index (χ2v) is 3.70. The zero-order chi connectivity index (χ0) is 12.1. The number of nitrogen functional groups attached to an aromatic ring is 1. The highest BCUT2D eigenvalue weighted by molar-refractivity contribution is 5.58. The highest BCUT2D eigenvalue weighted by atomic mass is 16.6. The van der Waals surface area contributed by atoms with Gasteiger partial charge in [-0.05, 0) is 19.4 Å². The number of hydrogen-bond acceptors (Lipinski definition) is 4. The van der Waals surface area contributed by atoms with E-state index in [-0.39, 0.29) is 11.8 Å². The number of nitro benzene ring substituents is 1. The summed E-state index contributed by atoms with van der Waals surface area (Å²) in [6.07, 6.45) is 2.01. The molecule has 0 bridgehead atoms. The van der Waals surface area contributed by atoms with Crippen molar-refractivity contribution in [2.24, 2.45) is 0 Å². The van der Waals surface area contributed by atoms with Crippen LogP contribution in [0, 0.1) is 10.1 Å². The maximum absolute atomic E-state index is 10.5. The van der Waals surface area contributed by atoms with E-state index in [0.29, 0.717) is 11.4 Å².